The Morgan fingerprint density at radius 1 is 1.20 bits per heavy atom. The van der Waals surface area contributed by atoms with Crippen molar-refractivity contribution in [1.82, 2.24) is 9.80 Å². The van der Waals surface area contributed by atoms with Crippen LogP contribution in [0.3, 0.4) is 0 Å². The molecule has 1 N–H and O–H groups in total. The molecule has 0 aromatic rings. The third kappa shape index (κ3) is 4.71. The number of aliphatic hydroxyl groups excluding tert-OH is 1. The van der Waals surface area contributed by atoms with Crippen LogP contribution in [0.25, 0.3) is 0 Å². The minimum absolute atomic E-state index is 0.0574. The number of carbonyl (C=O) groups excluding carboxylic acids is 1. The second-order valence-electron chi connectivity index (χ2n) is 5.48. The topological polar surface area (TPSA) is 77.9 Å². The molecular weight excluding hydrogens is 280 g/mol. The van der Waals surface area contributed by atoms with Gasteiger partial charge in [-0.25, -0.2) is 8.42 Å². The molecule has 1 amide bonds. The van der Waals surface area contributed by atoms with Crippen molar-refractivity contribution in [2.75, 3.05) is 38.5 Å². The molecule has 0 unspecified atom stereocenters. The lowest BCUT2D eigenvalue weighted by atomic mass is 10.2. The molecule has 1 aliphatic heterocycles. The van der Waals surface area contributed by atoms with Crippen molar-refractivity contribution in [2.45, 2.75) is 38.5 Å². The minimum Gasteiger partial charge on any atom is -0.392 e. The summed E-state index contributed by atoms with van der Waals surface area (Å²) in [6.07, 6.45) is 0.142. The van der Waals surface area contributed by atoms with Crippen LogP contribution in [-0.2, 0) is 14.6 Å². The lowest BCUT2D eigenvalue weighted by Gasteiger charge is -2.36. The van der Waals surface area contributed by atoms with Gasteiger partial charge in [0, 0.05) is 32.7 Å². The highest BCUT2D eigenvalue weighted by Crippen LogP contribution is 2.11. The summed E-state index contributed by atoms with van der Waals surface area (Å²) in [6.45, 7) is 8.01. The van der Waals surface area contributed by atoms with E-state index in [0.29, 0.717) is 39.1 Å². The molecular formula is C13H26N2O4S. The van der Waals surface area contributed by atoms with Crippen molar-refractivity contribution in [1.29, 1.82) is 0 Å². The first-order valence-electron chi connectivity index (χ1n) is 7.18. The Kier molecular flexibility index (Phi) is 6.42. The summed E-state index contributed by atoms with van der Waals surface area (Å²) in [5, 5.41) is 8.38. The van der Waals surface area contributed by atoms with E-state index in [1.54, 1.807) is 18.7 Å². The number of carbonyl (C=O) groups is 1. The summed E-state index contributed by atoms with van der Waals surface area (Å²) in [5.41, 5.74) is 0. The van der Waals surface area contributed by atoms with Crippen LogP contribution < -0.4 is 0 Å². The van der Waals surface area contributed by atoms with Crippen molar-refractivity contribution in [2.24, 2.45) is 0 Å². The highest BCUT2D eigenvalue weighted by atomic mass is 32.2. The molecule has 0 saturated carbocycles. The van der Waals surface area contributed by atoms with Gasteiger partial charge < -0.3 is 10.0 Å². The van der Waals surface area contributed by atoms with Gasteiger partial charge in [0.25, 0.3) is 0 Å². The molecule has 0 aromatic carbocycles. The Labute approximate surface area is 121 Å². The number of hydrogen-bond donors (Lipinski definition) is 1. The zero-order valence-corrected chi connectivity index (χ0v) is 13.4. The third-order valence-electron chi connectivity index (χ3n) is 3.58. The predicted molar refractivity (Wildman–Crippen MR) is 78.2 cm³/mol. The van der Waals surface area contributed by atoms with Crippen LogP contribution in [0.15, 0.2) is 0 Å². The number of amides is 1. The van der Waals surface area contributed by atoms with E-state index in [1.807, 2.05) is 0 Å². The zero-order chi connectivity index (χ0) is 15.3. The van der Waals surface area contributed by atoms with Crippen LogP contribution in [-0.4, -0.2) is 79.1 Å². The molecule has 2 atom stereocenters. The first-order chi connectivity index (χ1) is 9.27. The summed E-state index contributed by atoms with van der Waals surface area (Å²) >= 11 is 0. The number of nitrogens with zero attached hydrogens (tertiary/aromatic N) is 2. The summed E-state index contributed by atoms with van der Waals surface area (Å²) in [5.74, 6) is -0.239. The number of rotatable bonds is 6. The van der Waals surface area contributed by atoms with Crippen molar-refractivity contribution < 1.29 is 18.3 Å². The van der Waals surface area contributed by atoms with E-state index in [9.17, 15) is 18.3 Å². The number of piperazine rings is 1. The molecule has 118 valence electrons. The smallest absolute Gasteiger partial charge is 0.240 e. The maximum Gasteiger partial charge on any atom is 0.240 e. The maximum atomic E-state index is 12.2. The third-order valence-corrected chi connectivity index (χ3v) is 5.84. The van der Waals surface area contributed by atoms with Crippen molar-refractivity contribution in [3.63, 3.8) is 0 Å². The van der Waals surface area contributed by atoms with Gasteiger partial charge in [-0.05, 0) is 20.3 Å². The maximum absolute atomic E-state index is 12.2. The van der Waals surface area contributed by atoms with E-state index in [4.69, 9.17) is 0 Å². The van der Waals surface area contributed by atoms with Crippen molar-refractivity contribution >= 4 is 15.7 Å². The van der Waals surface area contributed by atoms with E-state index in [2.05, 4.69) is 4.90 Å². The molecule has 20 heavy (non-hydrogen) atoms. The first kappa shape index (κ1) is 17.4. The van der Waals surface area contributed by atoms with Crippen LogP contribution in [0.1, 0.15) is 27.2 Å². The number of aliphatic hydroxyl groups is 1. The molecule has 6 nitrogen and oxygen atoms in total. The zero-order valence-electron chi connectivity index (χ0n) is 12.6. The fourth-order valence-corrected chi connectivity index (χ4v) is 3.78. The average Bonchev–Trinajstić information content (AvgIpc) is 2.37. The molecule has 1 aliphatic rings. The summed E-state index contributed by atoms with van der Waals surface area (Å²) < 4.78 is 23.9. The lowest BCUT2D eigenvalue weighted by molar-refractivity contribution is -0.132. The molecule has 0 aromatic heterocycles. The molecule has 0 aliphatic carbocycles. The quantitative estimate of drug-likeness (QED) is 0.730. The van der Waals surface area contributed by atoms with E-state index < -0.39 is 15.1 Å². The average molecular weight is 306 g/mol. The number of hydrogen-bond acceptors (Lipinski definition) is 5. The van der Waals surface area contributed by atoms with E-state index in [-0.39, 0.29) is 17.8 Å². The summed E-state index contributed by atoms with van der Waals surface area (Å²) in [7, 11) is -3.34. The van der Waals surface area contributed by atoms with Crippen molar-refractivity contribution in [3.05, 3.63) is 0 Å². The lowest BCUT2D eigenvalue weighted by Crippen LogP contribution is -2.53. The fourth-order valence-electron chi connectivity index (χ4n) is 2.40. The Balaban J connectivity index is 2.54. The highest BCUT2D eigenvalue weighted by Gasteiger charge is 2.32. The van der Waals surface area contributed by atoms with Gasteiger partial charge in [0.1, 0.15) is 5.25 Å². The second kappa shape index (κ2) is 7.38. The molecule has 0 bridgehead atoms. The van der Waals surface area contributed by atoms with Crippen LogP contribution in [0.2, 0.25) is 0 Å². The van der Waals surface area contributed by atoms with Crippen LogP contribution in [0.5, 0.6) is 0 Å². The van der Waals surface area contributed by atoms with Crippen LogP contribution >= 0.6 is 0 Å². The molecule has 1 heterocycles. The summed E-state index contributed by atoms with van der Waals surface area (Å²) in [4.78, 5) is 15.9. The van der Waals surface area contributed by atoms with Crippen LogP contribution in [0.4, 0.5) is 0 Å². The largest absolute Gasteiger partial charge is 0.392 e. The van der Waals surface area contributed by atoms with Gasteiger partial charge in [0.15, 0.2) is 9.84 Å². The monoisotopic (exact) mass is 306 g/mol. The molecule has 1 fully saturated rings. The second-order valence-corrected chi connectivity index (χ2v) is 7.93. The predicted octanol–water partition coefficient (Wildman–Crippen LogP) is -0.275. The van der Waals surface area contributed by atoms with Gasteiger partial charge in [-0.2, -0.15) is 0 Å². The molecule has 0 radical (unpaired) electrons. The SMILES string of the molecule is CCCS(=O)(=O)[C@H](C)C(=O)N1CCN(C[C@H](C)O)CC1. The van der Waals surface area contributed by atoms with Gasteiger partial charge in [-0.1, -0.05) is 6.92 Å². The molecule has 1 rings (SSSR count). The normalized spacial score (nSPS) is 20.7. The van der Waals surface area contributed by atoms with Gasteiger partial charge in [-0.15, -0.1) is 0 Å². The van der Waals surface area contributed by atoms with E-state index >= 15 is 0 Å². The van der Waals surface area contributed by atoms with Gasteiger partial charge in [0.05, 0.1) is 11.9 Å². The highest BCUT2D eigenvalue weighted by molar-refractivity contribution is 7.92. The molecule has 1 saturated heterocycles. The first-order valence-corrected chi connectivity index (χ1v) is 8.90. The van der Waals surface area contributed by atoms with Gasteiger partial charge >= 0.3 is 0 Å². The summed E-state index contributed by atoms with van der Waals surface area (Å²) in [6, 6.07) is 0. The van der Waals surface area contributed by atoms with Gasteiger partial charge in [-0.3, -0.25) is 9.69 Å². The molecule has 7 heteroatoms. The van der Waals surface area contributed by atoms with E-state index in [0.717, 1.165) is 0 Å². The standard InChI is InChI=1S/C13H26N2O4S/c1-4-9-20(18,19)12(3)13(17)15-7-5-14(6-8-15)10-11(2)16/h11-12,16H,4-10H2,1-3H3/t11-,12+/m0/s1. The Bertz CT molecular complexity index is 414. The molecule has 0 spiro atoms. The number of sulfone groups is 1. The minimum atomic E-state index is -3.34. The van der Waals surface area contributed by atoms with Crippen LogP contribution in [0, 0.1) is 0 Å². The fraction of sp³-hybridized carbons (Fsp3) is 0.923. The van der Waals surface area contributed by atoms with Crippen molar-refractivity contribution in [3.8, 4) is 0 Å². The Morgan fingerprint density at radius 3 is 2.20 bits per heavy atom. The Morgan fingerprint density at radius 2 is 1.75 bits per heavy atom. The Hall–Kier alpha value is -0.660. The van der Waals surface area contributed by atoms with Gasteiger partial charge in [0.2, 0.25) is 5.91 Å². The number of β-amino-alcohol motifs (C(OH)–C–C–N with tert-alkyl or cyclic N) is 1. The van der Waals surface area contributed by atoms with E-state index in [1.165, 1.54) is 6.92 Å².